The fourth-order valence-electron chi connectivity index (χ4n) is 1.96. The Morgan fingerprint density at radius 3 is 2.93 bits per heavy atom. The molecule has 0 atom stereocenters. The lowest BCUT2D eigenvalue weighted by Crippen LogP contribution is -2.41. The first kappa shape index (κ1) is 9.65. The van der Waals surface area contributed by atoms with Crippen LogP contribution >= 0.6 is 0 Å². The number of hydrogen-bond acceptors (Lipinski definition) is 3. The predicted octanol–water partition coefficient (Wildman–Crippen LogP) is 0.746. The molecule has 14 heavy (non-hydrogen) atoms. The van der Waals surface area contributed by atoms with Crippen LogP contribution < -0.4 is 5.32 Å². The molecule has 4 nitrogen and oxygen atoms in total. The predicted molar refractivity (Wildman–Crippen MR) is 54.9 cm³/mol. The van der Waals surface area contributed by atoms with Crippen molar-refractivity contribution in [2.75, 3.05) is 6.54 Å². The lowest BCUT2D eigenvalue weighted by molar-refractivity contribution is 0.243. The topological polar surface area (TPSA) is 42.7 Å². The van der Waals surface area contributed by atoms with Gasteiger partial charge in [-0.3, -0.25) is 4.68 Å². The van der Waals surface area contributed by atoms with Crippen molar-refractivity contribution >= 4 is 0 Å². The molecule has 0 aromatic carbocycles. The van der Waals surface area contributed by atoms with Gasteiger partial charge in [0, 0.05) is 26.1 Å². The first-order chi connectivity index (χ1) is 6.74. The maximum absolute atomic E-state index is 4.23. The van der Waals surface area contributed by atoms with Crippen LogP contribution in [0.3, 0.4) is 0 Å². The second-order valence-electron chi connectivity index (χ2n) is 4.31. The van der Waals surface area contributed by atoms with Gasteiger partial charge in [-0.1, -0.05) is 6.92 Å². The van der Waals surface area contributed by atoms with Crippen LogP contribution in [0.5, 0.6) is 0 Å². The van der Waals surface area contributed by atoms with Gasteiger partial charge in [0.1, 0.15) is 6.33 Å². The number of aryl methyl sites for hydroxylation is 1. The van der Waals surface area contributed by atoms with Gasteiger partial charge in [-0.2, -0.15) is 5.10 Å². The third-order valence-electron chi connectivity index (χ3n) is 2.80. The third kappa shape index (κ3) is 2.32. The van der Waals surface area contributed by atoms with Crippen LogP contribution in [0.2, 0.25) is 0 Å². The summed E-state index contributed by atoms with van der Waals surface area (Å²) in [4.78, 5) is 4.18. The summed E-state index contributed by atoms with van der Waals surface area (Å²) in [6, 6.07) is 0.744. The van der Waals surface area contributed by atoms with Gasteiger partial charge < -0.3 is 5.32 Å². The summed E-state index contributed by atoms with van der Waals surface area (Å²) in [6.07, 6.45) is 5.35. The quantitative estimate of drug-likeness (QED) is 0.769. The highest BCUT2D eigenvalue weighted by atomic mass is 15.3. The molecule has 1 aliphatic carbocycles. The Hall–Kier alpha value is -0.900. The van der Waals surface area contributed by atoms with E-state index in [9.17, 15) is 0 Å². The Kier molecular flexibility index (Phi) is 2.82. The highest BCUT2D eigenvalue weighted by molar-refractivity contribution is 4.86. The summed E-state index contributed by atoms with van der Waals surface area (Å²) in [6.45, 7) is 3.31. The third-order valence-corrected chi connectivity index (χ3v) is 2.80. The zero-order chi connectivity index (χ0) is 9.97. The molecular weight excluding hydrogens is 176 g/mol. The fraction of sp³-hybridized carbons (Fsp3) is 0.800. The summed E-state index contributed by atoms with van der Waals surface area (Å²) < 4.78 is 1.75. The molecule has 4 heteroatoms. The van der Waals surface area contributed by atoms with Crippen molar-refractivity contribution in [1.82, 2.24) is 20.1 Å². The molecule has 0 saturated heterocycles. The van der Waals surface area contributed by atoms with Crippen LogP contribution in [0.1, 0.15) is 25.6 Å². The van der Waals surface area contributed by atoms with Crippen LogP contribution in [0.15, 0.2) is 6.33 Å². The molecule has 1 aromatic rings. The molecule has 1 N–H and O–H groups in total. The normalized spacial score (nSPS) is 26.1. The van der Waals surface area contributed by atoms with Gasteiger partial charge in [-0.25, -0.2) is 4.98 Å². The molecule has 0 radical (unpaired) electrons. The minimum absolute atomic E-state index is 0.744. The maximum atomic E-state index is 4.23. The Bertz CT molecular complexity index is 288. The van der Waals surface area contributed by atoms with Crippen molar-refractivity contribution in [2.24, 2.45) is 13.0 Å². The van der Waals surface area contributed by atoms with Gasteiger partial charge in [0.25, 0.3) is 0 Å². The van der Waals surface area contributed by atoms with Crippen molar-refractivity contribution in [1.29, 1.82) is 0 Å². The largest absolute Gasteiger partial charge is 0.314 e. The molecule has 1 aromatic heterocycles. The number of nitrogens with zero attached hydrogens (tertiary/aromatic N) is 3. The first-order valence-corrected chi connectivity index (χ1v) is 5.32. The average Bonchev–Trinajstić information content (AvgIpc) is 2.48. The summed E-state index contributed by atoms with van der Waals surface area (Å²) in [5.74, 6) is 1.85. The summed E-state index contributed by atoms with van der Waals surface area (Å²) in [5.41, 5.74) is 0. The van der Waals surface area contributed by atoms with E-state index in [-0.39, 0.29) is 0 Å². The maximum Gasteiger partial charge on any atom is 0.151 e. The number of hydrogen-bond donors (Lipinski definition) is 1. The van der Waals surface area contributed by atoms with Gasteiger partial charge in [-0.05, 0) is 18.8 Å². The zero-order valence-electron chi connectivity index (χ0n) is 8.90. The number of rotatable bonds is 4. The zero-order valence-corrected chi connectivity index (χ0v) is 8.90. The highest BCUT2D eigenvalue weighted by Gasteiger charge is 2.24. The van der Waals surface area contributed by atoms with E-state index in [4.69, 9.17) is 0 Å². The Morgan fingerprint density at radius 2 is 2.36 bits per heavy atom. The van der Waals surface area contributed by atoms with Crippen molar-refractivity contribution in [2.45, 2.75) is 32.2 Å². The van der Waals surface area contributed by atoms with Gasteiger partial charge in [0.05, 0.1) is 0 Å². The molecule has 1 saturated carbocycles. The lowest BCUT2D eigenvalue weighted by atomic mass is 9.82. The molecule has 0 amide bonds. The fourth-order valence-corrected chi connectivity index (χ4v) is 1.96. The molecular formula is C10H18N4. The summed E-state index contributed by atoms with van der Waals surface area (Å²) in [5, 5.41) is 7.75. The van der Waals surface area contributed by atoms with E-state index in [0.29, 0.717) is 0 Å². The average molecular weight is 194 g/mol. The molecule has 0 bridgehead atoms. The molecule has 1 aliphatic rings. The molecule has 2 rings (SSSR count). The molecule has 0 unspecified atom stereocenters. The molecule has 78 valence electrons. The van der Waals surface area contributed by atoms with E-state index in [1.54, 1.807) is 11.0 Å². The smallest absolute Gasteiger partial charge is 0.151 e. The van der Waals surface area contributed by atoms with Crippen molar-refractivity contribution in [3.63, 3.8) is 0 Å². The van der Waals surface area contributed by atoms with Gasteiger partial charge in [0.15, 0.2) is 5.82 Å². The van der Waals surface area contributed by atoms with Gasteiger partial charge in [-0.15, -0.1) is 0 Å². The molecule has 0 spiro atoms. The Balaban J connectivity index is 1.63. The first-order valence-electron chi connectivity index (χ1n) is 5.32. The van der Waals surface area contributed by atoms with E-state index < -0.39 is 0 Å². The number of nitrogens with one attached hydrogen (secondary N) is 1. The van der Waals surface area contributed by atoms with Crippen LogP contribution in [0, 0.1) is 5.92 Å². The monoisotopic (exact) mass is 194 g/mol. The van der Waals surface area contributed by atoms with Crippen molar-refractivity contribution in [3.8, 4) is 0 Å². The second kappa shape index (κ2) is 4.09. The highest BCUT2D eigenvalue weighted by Crippen LogP contribution is 2.25. The van der Waals surface area contributed by atoms with Gasteiger partial charge in [0.2, 0.25) is 0 Å². The standard InChI is InChI=1S/C10H18N4/c1-8-5-9(6-8)11-4-3-10-12-7-14(2)13-10/h7-9,11H,3-6H2,1-2H3. The van der Waals surface area contributed by atoms with Crippen LogP contribution in [0.4, 0.5) is 0 Å². The lowest BCUT2D eigenvalue weighted by Gasteiger charge is -2.33. The number of aromatic nitrogens is 3. The van der Waals surface area contributed by atoms with Crippen LogP contribution in [-0.4, -0.2) is 27.4 Å². The van der Waals surface area contributed by atoms with Gasteiger partial charge >= 0.3 is 0 Å². The van der Waals surface area contributed by atoms with Crippen LogP contribution in [0.25, 0.3) is 0 Å². The molecule has 1 fully saturated rings. The SMILES string of the molecule is CC1CC(NCCc2ncn(C)n2)C1. The Labute approximate surface area is 84.7 Å². The summed E-state index contributed by atoms with van der Waals surface area (Å²) in [7, 11) is 1.90. The summed E-state index contributed by atoms with van der Waals surface area (Å²) >= 11 is 0. The second-order valence-corrected chi connectivity index (χ2v) is 4.31. The van der Waals surface area contributed by atoms with E-state index in [1.165, 1.54) is 12.8 Å². The van der Waals surface area contributed by atoms with Crippen molar-refractivity contribution < 1.29 is 0 Å². The minimum Gasteiger partial charge on any atom is -0.314 e. The van der Waals surface area contributed by atoms with E-state index in [0.717, 1.165) is 30.7 Å². The van der Waals surface area contributed by atoms with Crippen molar-refractivity contribution in [3.05, 3.63) is 12.2 Å². The van der Waals surface area contributed by atoms with E-state index in [2.05, 4.69) is 22.3 Å². The molecule has 1 heterocycles. The van der Waals surface area contributed by atoms with E-state index in [1.807, 2.05) is 7.05 Å². The Morgan fingerprint density at radius 1 is 1.57 bits per heavy atom. The van der Waals surface area contributed by atoms with Crippen LogP contribution in [-0.2, 0) is 13.5 Å². The minimum atomic E-state index is 0.744. The van der Waals surface area contributed by atoms with E-state index >= 15 is 0 Å². The molecule has 0 aliphatic heterocycles.